The number of pyridine rings is 1. The molecule has 2 heterocycles. The van der Waals surface area contributed by atoms with Gasteiger partial charge in [-0.05, 0) is 43.7 Å². The molecule has 0 saturated heterocycles. The molecule has 0 spiro atoms. The first kappa shape index (κ1) is 17.8. The molecule has 1 unspecified atom stereocenters. The Hall–Kier alpha value is -2.96. The molecule has 0 fully saturated rings. The van der Waals surface area contributed by atoms with Crippen LogP contribution >= 0.6 is 0 Å². The van der Waals surface area contributed by atoms with E-state index < -0.39 is 17.7 Å². The number of benzene rings is 1. The number of nitrogens with two attached hydrogens (primary N) is 1. The first-order valence-corrected chi connectivity index (χ1v) is 8.10. The van der Waals surface area contributed by atoms with Crippen molar-refractivity contribution in [1.82, 2.24) is 9.88 Å². The van der Waals surface area contributed by atoms with E-state index in [4.69, 9.17) is 10.5 Å². The number of nitrogens with zero attached hydrogens (tertiary/aromatic N) is 2. The Kier molecular flexibility index (Phi) is 4.63. The van der Waals surface area contributed by atoms with Crippen LogP contribution < -0.4 is 10.5 Å². The lowest BCUT2D eigenvalue weighted by atomic mass is 10.0. The molecule has 0 saturated carbocycles. The van der Waals surface area contributed by atoms with Crippen molar-refractivity contribution < 1.29 is 18.3 Å². The van der Waals surface area contributed by atoms with E-state index in [2.05, 4.69) is 4.98 Å². The second-order valence-corrected chi connectivity index (χ2v) is 6.35. The van der Waals surface area contributed by atoms with Crippen LogP contribution in [0.1, 0.15) is 41.4 Å². The van der Waals surface area contributed by atoms with E-state index in [1.165, 1.54) is 35.4 Å². The number of rotatable bonds is 0. The molecule has 2 N–H and O–H groups in total. The smallest absolute Gasteiger partial charge is 0.254 e. The number of halogens is 2. The Morgan fingerprint density at radius 2 is 2.04 bits per heavy atom. The third-order valence-electron chi connectivity index (χ3n) is 4.32. The van der Waals surface area contributed by atoms with Crippen molar-refractivity contribution in [3.05, 3.63) is 58.5 Å². The van der Waals surface area contributed by atoms with Crippen molar-refractivity contribution in [3.63, 3.8) is 0 Å². The van der Waals surface area contributed by atoms with Gasteiger partial charge in [0.1, 0.15) is 17.7 Å². The van der Waals surface area contributed by atoms with Crippen LogP contribution in [0.15, 0.2) is 36.0 Å². The Labute approximate surface area is 150 Å². The van der Waals surface area contributed by atoms with Gasteiger partial charge < -0.3 is 15.4 Å². The third kappa shape index (κ3) is 3.24. The van der Waals surface area contributed by atoms with Gasteiger partial charge in [0.05, 0.1) is 0 Å². The Morgan fingerprint density at radius 1 is 1.31 bits per heavy atom. The summed E-state index contributed by atoms with van der Waals surface area (Å²) in [5.41, 5.74) is 7.07. The van der Waals surface area contributed by atoms with E-state index in [1.54, 1.807) is 20.9 Å². The second kappa shape index (κ2) is 6.74. The summed E-state index contributed by atoms with van der Waals surface area (Å²) >= 11 is 0. The number of amides is 1. The number of nitrogen functional groups attached to an aromatic ring is 1. The maximum absolute atomic E-state index is 14.7. The summed E-state index contributed by atoms with van der Waals surface area (Å²) in [5, 5.41) is 0. The van der Waals surface area contributed by atoms with Gasteiger partial charge in [0.25, 0.3) is 5.91 Å². The largest absolute Gasteiger partial charge is 0.482 e. The number of likely N-dealkylation sites (N-methyl/N-ethyl adjacent to an activating group) is 1. The Bertz CT molecular complexity index is 912. The summed E-state index contributed by atoms with van der Waals surface area (Å²) in [6.45, 7) is 3.34. The van der Waals surface area contributed by atoms with Crippen molar-refractivity contribution in [2.45, 2.75) is 20.0 Å². The predicted octanol–water partition coefficient (Wildman–Crippen LogP) is 3.73. The highest BCUT2D eigenvalue weighted by Crippen LogP contribution is 2.32. The summed E-state index contributed by atoms with van der Waals surface area (Å²) in [4.78, 5) is 18.2. The number of carbonyl (C=O) groups is 1. The van der Waals surface area contributed by atoms with Crippen molar-refractivity contribution in [2.24, 2.45) is 0 Å². The number of hydrogen-bond donors (Lipinski definition) is 1. The van der Waals surface area contributed by atoms with Crippen LogP contribution in [0.5, 0.6) is 5.75 Å². The van der Waals surface area contributed by atoms with Gasteiger partial charge >= 0.3 is 0 Å². The molecule has 136 valence electrons. The van der Waals surface area contributed by atoms with Crippen LogP contribution in [0.25, 0.3) is 5.83 Å². The van der Waals surface area contributed by atoms with Crippen LogP contribution in [0.4, 0.5) is 14.6 Å². The van der Waals surface area contributed by atoms with E-state index >= 15 is 0 Å². The zero-order valence-corrected chi connectivity index (χ0v) is 14.7. The molecule has 3 rings (SSSR count). The maximum atomic E-state index is 14.7. The minimum Gasteiger partial charge on any atom is -0.482 e. The first-order valence-electron chi connectivity index (χ1n) is 8.10. The number of fused-ring (bicyclic) bond motifs is 3. The molecule has 1 atom stereocenters. The summed E-state index contributed by atoms with van der Waals surface area (Å²) in [6.07, 6.45) is 0.623. The third-order valence-corrected chi connectivity index (χ3v) is 4.32. The summed E-state index contributed by atoms with van der Waals surface area (Å²) < 4.78 is 34.3. The molecule has 5 nitrogen and oxygen atoms in total. The zero-order chi connectivity index (χ0) is 19.0. The molecule has 0 radical (unpaired) electrons. The Balaban J connectivity index is 2.21. The van der Waals surface area contributed by atoms with Gasteiger partial charge in [-0.3, -0.25) is 4.79 Å². The van der Waals surface area contributed by atoms with Gasteiger partial charge in [0.15, 0.2) is 11.6 Å². The van der Waals surface area contributed by atoms with Crippen LogP contribution in [-0.4, -0.2) is 29.4 Å². The number of ether oxygens (including phenoxy) is 1. The minimum atomic E-state index is -0.690. The normalized spacial score (nSPS) is 20.7. The Morgan fingerprint density at radius 3 is 2.77 bits per heavy atom. The molecule has 2 aromatic rings. The average molecular weight is 359 g/mol. The molecule has 26 heavy (non-hydrogen) atoms. The zero-order valence-electron chi connectivity index (χ0n) is 14.7. The van der Waals surface area contributed by atoms with Crippen LogP contribution in [0.3, 0.4) is 0 Å². The van der Waals surface area contributed by atoms with Gasteiger partial charge in [0.2, 0.25) is 0 Å². The van der Waals surface area contributed by atoms with Gasteiger partial charge in [-0.2, -0.15) is 0 Å². The van der Waals surface area contributed by atoms with Crippen molar-refractivity contribution in [2.75, 3.05) is 19.3 Å². The highest BCUT2D eigenvalue weighted by Gasteiger charge is 2.24. The number of aromatic nitrogens is 1. The van der Waals surface area contributed by atoms with Gasteiger partial charge in [0, 0.05) is 36.5 Å². The maximum Gasteiger partial charge on any atom is 0.254 e. The van der Waals surface area contributed by atoms with E-state index in [0.717, 1.165) is 0 Å². The molecule has 1 aliphatic heterocycles. The average Bonchev–Trinajstić information content (AvgIpc) is 2.61. The molecular weight excluding hydrogens is 340 g/mol. The fourth-order valence-corrected chi connectivity index (χ4v) is 2.94. The van der Waals surface area contributed by atoms with Gasteiger partial charge in [-0.1, -0.05) is 0 Å². The number of hydrogen-bond acceptors (Lipinski definition) is 4. The van der Waals surface area contributed by atoms with Crippen molar-refractivity contribution in [1.29, 1.82) is 0 Å². The van der Waals surface area contributed by atoms with E-state index in [0.29, 0.717) is 11.1 Å². The number of carbonyl (C=O) groups excluding carboxylic acids is 1. The standard InChI is InChI=1S/C19H19F2N3O2/c1-10-9-24(3)19(25)14-5-4-13(20)7-15(14)11(2)26-16-6-12(17(10)21)8-23-18(16)22/h4-8,11H,9H2,1-3H3,(H2,22,23)/b17-10+. The molecule has 0 aliphatic carbocycles. The first-order chi connectivity index (χ1) is 12.3. The van der Waals surface area contributed by atoms with Crippen molar-refractivity contribution in [3.8, 4) is 5.75 Å². The number of anilines is 1. The minimum absolute atomic E-state index is 0.0798. The van der Waals surface area contributed by atoms with Crippen LogP contribution in [0, 0.1) is 5.82 Å². The quantitative estimate of drug-likeness (QED) is 0.778. The predicted molar refractivity (Wildman–Crippen MR) is 94.8 cm³/mol. The topological polar surface area (TPSA) is 68.5 Å². The molecule has 7 heteroatoms. The fourth-order valence-electron chi connectivity index (χ4n) is 2.94. The summed E-state index contributed by atoms with van der Waals surface area (Å²) in [5.74, 6) is -1.06. The summed E-state index contributed by atoms with van der Waals surface area (Å²) in [7, 11) is 1.57. The van der Waals surface area contributed by atoms with E-state index in [1.807, 2.05) is 0 Å². The van der Waals surface area contributed by atoms with Gasteiger partial charge in [-0.25, -0.2) is 13.8 Å². The second-order valence-electron chi connectivity index (χ2n) is 6.35. The molecule has 1 amide bonds. The fraction of sp³-hybridized carbons (Fsp3) is 0.263. The van der Waals surface area contributed by atoms with Gasteiger partial charge in [-0.15, -0.1) is 0 Å². The lowest BCUT2D eigenvalue weighted by Crippen LogP contribution is -2.30. The lowest BCUT2D eigenvalue weighted by molar-refractivity contribution is 0.0801. The molecule has 1 aromatic heterocycles. The highest BCUT2D eigenvalue weighted by molar-refractivity contribution is 5.96. The molecular formula is C19H19F2N3O2. The van der Waals surface area contributed by atoms with E-state index in [-0.39, 0.29) is 35.1 Å². The van der Waals surface area contributed by atoms with E-state index in [9.17, 15) is 13.6 Å². The lowest BCUT2D eigenvalue weighted by Gasteiger charge is -2.24. The SMILES string of the molecule is C/C1=C(\F)c2cnc(N)c(c2)OC(C)c2cc(F)ccc2C(=O)N(C)C1. The van der Waals surface area contributed by atoms with Crippen molar-refractivity contribution >= 4 is 17.6 Å². The highest BCUT2D eigenvalue weighted by atomic mass is 19.1. The molecule has 2 bridgehead atoms. The monoisotopic (exact) mass is 359 g/mol. The molecule has 1 aliphatic rings. The molecule has 1 aromatic carbocycles. The van der Waals surface area contributed by atoms with Crippen LogP contribution in [0.2, 0.25) is 0 Å². The van der Waals surface area contributed by atoms with Crippen LogP contribution in [-0.2, 0) is 0 Å². The summed E-state index contributed by atoms with van der Waals surface area (Å²) in [6, 6.07) is 5.33.